The lowest BCUT2D eigenvalue weighted by atomic mass is 9.96. The van der Waals surface area contributed by atoms with E-state index in [1.165, 1.54) is 0 Å². The average molecular weight is 209 g/mol. The Labute approximate surface area is 87.6 Å². The van der Waals surface area contributed by atoms with Crippen LogP contribution in [0.4, 0.5) is 0 Å². The second kappa shape index (κ2) is 4.44. The number of aromatic amines is 1. The summed E-state index contributed by atoms with van der Waals surface area (Å²) in [4.78, 5) is 17.6. The second-order valence-corrected chi connectivity index (χ2v) is 3.97. The van der Waals surface area contributed by atoms with Crippen molar-refractivity contribution < 1.29 is 5.11 Å². The van der Waals surface area contributed by atoms with Crippen LogP contribution in [0, 0.1) is 5.92 Å². The Balaban J connectivity index is 2.06. The highest BCUT2D eigenvalue weighted by atomic mass is 16.3. The summed E-state index contributed by atoms with van der Waals surface area (Å²) in [7, 11) is 0. The highest BCUT2D eigenvalue weighted by Gasteiger charge is 2.14. The number of rotatable bonds is 2. The van der Waals surface area contributed by atoms with Gasteiger partial charge in [0.15, 0.2) is 0 Å². The Morgan fingerprint density at radius 3 is 3.13 bits per heavy atom. The Morgan fingerprint density at radius 1 is 1.60 bits per heavy atom. The van der Waals surface area contributed by atoms with Crippen LogP contribution in [0.15, 0.2) is 10.9 Å². The summed E-state index contributed by atoms with van der Waals surface area (Å²) in [5.74, 6) is 0.884. The molecule has 1 aliphatic rings. The fraction of sp³-hybridized carbons (Fsp3) is 0.600. The zero-order valence-corrected chi connectivity index (χ0v) is 8.49. The van der Waals surface area contributed by atoms with Gasteiger partial charge in [0.2, 0.25) is 5.88 Å². The molecular formula is C10H15N3O2. The Morgan fingerprint density at radius 2 is 2.47 bits per heavy atom. The highest BCUT2D eigenvalue weighted by molar-refractivity contribution is 5.07. The van der Waals surface area contributed by atoms with Gasteiger partial charge in [0.25, 0.3) is 5.56 Å². The molecule has 1 aromatic heterocycles. The predicted octanol–water partition coefficient (Wildman–Crippen LogP) is 0.0176. The van der Waals surface area contributed by atoms with Gasteiger partial charge in [0.05, 0.1) is 6.07 Å². The van der Waals surface area contributed by atoms with Gasteiger partial charge in [-0.05, 0) is 31.8 Å². The van der Waals surface area contributed by atoms with E-state index >= 15 is 0 Å². The molecule has 1 saturated heterocycles. The summed E-state index contributed by atoms with van der Waals surface area (Å²) in [6.07, 6.45) is 3.02. The third-order valence-electron chi connectivity index (χ3n) is 2.66. The predicted molar refractivity (Wildman–Crippen MR) is 55.8 cm³/mol. The minimum atomic E-state index is -0.290. The topological polar surface area (TPSA) is 78.0 Å². The minimum Gasteiger partial charge on any atom is -0.493 e. The zero-order chi connectivity index (χ0) is 10.7. The summed E-state index contributed by atoms with van der Waals surface area (Å²) in [6.45, 7) is 2.03. The fourth-order valence-corrected chi connectivity index (χ4v) is 1.96. The van der Waals surface area contributed by atoms with Crippen LogP contribution in [-0.4, -0.2) is 28.2 Å². The highest BCUT2D eigenvalue weighted by Crippen LogP contribution is 2.14. The minimum absolute atomic E-state index is 0.197. The first-order valence-electron chi connectivity index (χ1n) is 5.24. The van der Waals surface area contributed by atoms with E-state index in [2.05, 4.69) is 15.3 Å². The van der Waals surface area contributed by atoms with E-state index < -0.39 is 0 Å². The summed E-state index contributed by atoms with van der Waals surface area (Å²) >= 11 is 0. The Hall–Kier alpha value is -1.36. The van der Waals surface area contributed by atoms with E-state index in [4.69, 9.17) is 0 Å². The quantitative estimate of drug-likeness (QED) is 0.641. The Kier molecular flexibility index (Phi) is 3.01. The van der Waals surface area contributed by atoms with Crippen LogP contribution in [-0.2, 0) is 6.42 Å². The summed E-state index contributed by atoms with van der Waals surface area (Å²) < 4.78 is 0. The van der Waals surface area contributed by atoms with E-state index in [0.29, 0.717) is 11.7 Å². The maximum atomic E-state index is 11.1. The number of nitrogens with one attached hydrogen (secondary N) is 2. The van der Waals surface area contributed by atoms with Crippen molar-refractivity contribution in [1.29, 1.82) is 0 Å². The first kappa shape index (κ1) is 10.2. The van der Waals surface area contributed by atoms with Crippen LogP contribution in [0.3, 0.4) is 0 Å². The molecule has 5 nitrogen and oxygen atoms in total. The zero-order valence-electron chi connectivity index (χ0n) is 8.49. The number of H-pyrrole nitrogens is 1. The molecule has 0 radical (unpaired) electrons. The molecule has 0 aliphatic carbocycles. The number of aromatic hydroxyl groups is 1. The molecule has 0 aromatic carbocycles. The molecule has 0 amide bonds. The SMILES string of the molecule is O=c1cc(O)nc(CC2CCCNC2)[nH]1. The van der Waals surface area contributed by atoms with Gasteiger partial charge in [-0.15, -0.1) is 0 Å². The molecule has 0 saturated carbocycles. The molecule has 2 heterocycles. The van der Waals surface area contributed by atoms with Crippen molar-refractivity contribution in [3.63, 3.8) is 0 Å². The van der Waals surface area contributed by atoms with Crippen LogP contribution in [0.5, 0.6) is 5.88 Å². The fourth-order valence-electron chi connectivity index (χ4n) is 1.96. The average Bonchev–Trinajstić information content (AvgIpc) is 2.17. The molecule has 5 heteroatoms. The van der Waals surface area contributed by atoms with Crippen molar-refractivity contribution >= 4 is 0 Å². The number of aromatic nitrogens is 2. The maximum Gasteiger partial charge on any atom is 0.254 e. The number of hydrogen-bond acceptors (Lipinski definition) is 4. The largest absolute Gasteiger partial charge is 0.493 e. The van der Waals surface area contributed by atoms with Crippen molar-refractivity contribution in [2.24, 2.45) is 5.92 Å². The normalized spacial score (nSPS) is 21.5. The van der Waals surface area contributed by atoms with Gasteiger partial charge in [-0.1, -0.05) is 0 Å². The molecule has 1 fully saturated rings. The van der Waals surface area contributed by atoms with Gasteiger partial charge in [0, 0.05) is 6.42 Å². The second-order valence-electron chi connectivity index (χ2n) is 3.97. The van der Waals surface area contributed by atoms with Crippen molar-refractivity contribution in [1.82, 2.24) is 15.3 Å². The van der Waals surface area contributed by atoms with Crippen LogP contribution in [0.25, 0.3) is 0 Å². The summed E-state index contributed by atoms with van der Waals surface area (Å²) in [5.41, 5.74) is -0.290. The standard InChI is InChI=1S/C10H15N3O2/c14-9-5-10(15)13-8(12-9)4-7-2-1-3-11-6-7/h5,7,11H,1-4,6H2,(H2,12,13,14,15). The molecule has 1 aromatic rings. The number of hydrogen-bond donors (Lipinski definition) is 3. The molecule has 1 unspecified atom stereocenters. The molecule has 0 bridgehead atoms. The van der Waals surface area contributed by atoms with Gasteiger partial charge in [-0.25, -0.2) is 4.98 Å². The summed E-state index contributed by atoms with van der Waals surface area (Å²) in [6, 6.07) is 1.09. The third-order valence-corrected chi connectivity index (χ3v) is 2.66. The first-order chi connectivity index (χ1) is 7.24. The molecule has 2 rings (SSSR count). The Bertz CT molecular complexity index is 382. The molecular weight excluding hydrogens is 194 g/mol. The van der Waals surface area contributed by atoms with Crippen LogP contribution in [0.2, 0.25) is 0 Å². The van der Waals surface area contributed by atoms with E-state index in [1.54, 1.807) is 0 Å². The number of nitrogens with zero attached hydrogens (tertiary/aromatic N) is 1. The monoisotopic (exact) mass is 209 g/mol. The van der Waals surface area contributed by atoms with Crippen molar-refractivity contribution in [2.45, 2.75) is 19.3 Å². The van der Waals surface area contributed by atoms with Crippen molar-refractivity contribution in [3.8, 4) is 5.88 Å². The van der Waals surface area contributed by atoms with Crippen LogP contribution in [0.1, 0.15) is 18.7 Å². The number of piperidine rings is 1. The lowest BCUT2D eigenvalue weighted by Crippen LogP contribution is -2.31. The van der Waals surface area contributed by atoms with E-state index in [9.17, 15) is 9.90 Å². The maximum absolute atomic E-state index is 11.1. The molecule has 82 valence electrons. The van der Waals surface area contributed by atoms with Crippen LogP contribution >= 0.6 is 0 Å². The van der Waals surface area contributed by atoms with Gasteiger partial charge < -0.3 is 15.4 Å². The lowest BCUT2D eigenvalue weighted by Gasteiger charge is -2.21. The first-order valence-corrected chi connectivity index (χ1v) is 5.24. The van der Waals surface area contributed by atoms with Crippen LogP contribution < -0.4 is 10.9 Å². The van der Waals surface area contributed by atoms with Crippen molar-refractivity contribution in [3.05, 3.63) is 22.2 Å². The third kappa shape index (κ3) is 2.79. The van der Waals surface area contributed by atoms with Gasteiger partial charge >= 0.3 is 0 Å². The van der Waals surface area contributed by atoms with Crippen molar-refractivity contribution in [2.75, 3.05) is 13.1 Å². The smallest absolute Gasteiger partial charge is 0.254 e. The van der Waals surface area contributed by atoms with E-state index in [1.807, 2.05) is 0 Å². The molecule has 1 atom stereocenters. The van der Waals surface area contributed by atoms with Gasteiger partial charge in [-0.3, -0.25) is 4.79 Å². The van der Waals surface area contributed by atoms with E-state index in [-0.39, 0.29) is 11.4 Å². The molecule has 15 heavy (non-hydrogen) atoms. The van der Waals surface area contributed by atoms with E-state index in [0.717, 1.165) is 38.4 Å². The molecule has 3 N–H and O–H groups in total. The summed E-state index contributed by atoms with van der Waals surface area (Å²) in [5, 5.41) is 12.5. The van der Waals surface area contributed by atoms with Gasteiger partial charge in [0.1, 0.15) is 5.82 Å². The van der Waals surface area contributed by atoms with Gasteiger partial charge in [-0.2, -0.15) is 0 Å². The molecule has 0 spiro atoms. The molecule has 1 aliphatic heterocycles. The lowest BCUT2D eigenvalue weighted by molar-refractivity contribution is 0.367.